The topological polar surface area (TPSA) is 107 Å². The van der Waals surface area contributed by atoms with E-state index in [1.165, 1.54) is 0 Å². The SMILES string of the molecule is CC(C)C(NC(=O)C1CCC(N)C1)c1nc(-c2cccnc2)no1.Cl.Cl. The highest BCUT2D eigenvalue weighted by atomic mass is 35.5. The Morgan fingerprint density at radius 1 is 1.35 bits per heavy atom. The first-order valence-electron chi connectivity index (χ1n) is 8.34. The summed E-state index contributed by atoms with van der Waals surface area (Å²) < 4.78 is 5.40. The Balaban J connectivity index is 0.00000169. The first-order chi connectivity index (χ1) is 11.5. The average molecular weight is 402 g/mol. The van der Waals surface area contributed by atoms with Gasteiger partial charge in [-0.05, 0) is 37.3 Å². The molecule has 1 aliphatic rings. The van der Waals surface area contributed by atoms with Crippen LogP contribution in [0, 0.1) is 11.8 Å². The lowest BCUT2D eigenvalue weighted by molar-refractivity contribution is -0.126. The van der Waals surface area contributed by atoms with E-state index in [2.05, 4.69) is 20.4 Å². The van der Waals surface area contributed by atoms with Crippen molar-refractivity contribution in [1.29, 1.82) is 0 Å². The third-order valence-corrected chi connectivity index (χ3v) is 4.44. The highest BCUT2D eigenvalue weighted by Gasteiger charge is 2.32. The van der Waals surface area contributed by atoms with E-state index < -0.39 is 0 Å². The number of carbonyl (C=O) groups excluding carboxylic acids is 1. The molecule has 0 saturated heterocycles. The summed E-state index contributed by atoms with van der Waals surface area (Å²) in [5, 5.41) is 7.06. The van der Waals surface area contributed by atoms with Crippen molar-refractivity contribution in [3.05, 3.63) is 30.4 Å². The standard InChI is InChI=1S/C17H23N5O2.2ClH/c1-10(2)14(20-16(23)11-5-6-13(18)8-11)17-21-15(22-24-17)12-4-3-7-19-9-12;;/h3-4,7,9-11,13-14H,5-6,8,18H2,1-2H3,(H,20,23);2*1H. The molecule has 0 radical (unpaired) electrons. The van der Waals surface area contributed by atoms with Crippen LogP contribution in [0.1, 0.15) is 45.0 Å². The molecule has 1 aliphatic carbocycles. The summed E-state index contributed by atoms with van der Waals surface area (Å²) in [6, 6.07) is 3.49. The van der Waals surface area contributed by atoms with Gasteiger partial charge in [-0.25, -0.2) is 0 Å². The van der Waals surface area contributed by atoms with Gasteiger partial charge in [-0.1, -0.05) is 19.0 Å². The van der Waals surface area contributed by atoms with E-state index in [1.54, 1.807) is 12.4 Å². The van der Waals surface area contributed by atoms with E-state index in [9.17, 15) is 4.79 Å². The predicted octanol–water partition coefficient (Wildman–Crippen LogP) is 2.92. The van der Waals surface area contributed by atoms with E-state index in [0.717, 1.165) is 24.8 Å². The molecule has 2 aromatic rings. The van der Waals surface area contributed by atoms with Gasteiger partial charge in [0.1, 0.15) is 6.04 Å². The number of aromatic nitrogens is 3. The monoisotopic (exact) mass is 401 g/mol. The second-order valence-electron chi connectivity index (χ2n) is 6.70. The molecular formula is C17H25Cl2N5O2. The summed E-state index contributed by atoms with van der Waals surface area (Å²) in [6.07, 6.45) is 5.84. The van der Waals surface area contributed by atoms with Crippen molar-refractivity contribution in [3.63, 3.8) is 0 Å². The van der Waals surface area contributed by atoms with Gasteiger partial charge in [-0.15, -0.1) is 24.8 Å². The Morgan fingerprint density at radius 3 is 2.69 bits per heavy atom. The molecule has 3 N–H and O–H groups in total. The fourth-order valence-corrected chi connectivity index (χ4v) is 3.01. The van der Waals surface area contributed by atoms with Crippen molar-refractivity contribution in [3.8, 4) is 11.4 Å². The minimum Gasteiger partial charge on any atom is -0.344 e. The molecule has 7 nitrogen and oxygen atoms in total. The van der Waals surface area contributed by atoms with Crippen LogP contribution >= 0.6 is 24.8 Å². The zero-order valence-electron chi connectivity index (χ0n) is 14.8. The second-order valence-corrected chi connectivity index (χ2v) is 6.70. The number of nitrogens with one attached hydrogen (secondary N) is 1. The largest absolute Gasteiger partial charge is 0.344 e. The van der Waals surface area contributed by atoms with Gasteiger partial charge in [0.2, 0.25) is 17.6 Å². The molecule has 1 amide bonds. The molecule has 0 spiro atoms. The molecule has 1 fully saturated rings. The van der Waals surface area contributed by atoms with Crippen LogP contribution in [-0.4, -0.2) is 27.1 Å². The number of hydrogen-bond donors (Lipinski definition) is 2. The number of carbonyl (C=O) groups is 1. The highest BCUT2D eigenvalue weighted by Crippen LogP contribution is 2.27. The lowest BCUT2D eigenvalue weighted by Crippen LogP contribution is -2.36. The number of pyridine rings is 1. The van der Waals surface area contributed by atoms with E-state index in [0.29, 0.717) is 11.7 Å². The molecule has 9 heteroatoms. The number of nitrogens with zero attached hydrogens (tertiary/aromatic N) is 3. The van der Waals surface area contributed by atoms with Crippen molar-refractivity contribution in [1.82, 2.24) is 20.4 Å². The van der Waals surface area contributed by atoms with Crippen molar-refractivity contribution in [2.75, 3.05) is 0 Å². The van der Waals surface area contributed by atoms with Crippen LogP contribution < -0.4 is 11.1 Å². The third kappa shape index (κ3) is 5.16. The number of nitrogens with two attached hydrogens (primary N) is 1. The summed E-state index contributed by atoms with van der Waals surface area (Å²) in [5.74, 6) is 1.01. The Kier molecular flexibility index (Phi) is 8.46. The summed E-state index contributed by atoms with van der Waals surface area (Å²) in [6.45, 7) is 4.03. The van der Waals surface area contributed by atoms with Gasteiger partial charge in [0.25, 0.3) is 0 Å². The number of halogens is 2. The lowest BCUT2D eigenvalue weighted by Gasteiger charge is -2.20. The molecule has 0 aromatic carbocycles. The van der Waals surface area contributed by atoms with Crippen LogP contribution in [0.3, 0.4) is 0 Å². The quantitative estimate of drug-likeness (QED) is 0.797. The molecule has 26 heavy (non-hydrogen) atoms. The molecule has 0 bridgehead atoms. The minimum atomic E-state index is -0.313. The summed E-state index contributed by atoms with van der Waals surface area (Å²) in [4.78, 5) is 21.0. The lowest BCUT2D eigenvalue weighted by atomic mass is 10.0. The first-order valence-corrected chi connectivity index (χ1v) is 8.34. The van der Waals surface area contributed by atoms with Crippen LogP contribution in [0.15, 0.2) is 29.0 Å². The molecular weight excluding hydrogens is 377 g/mol. The Bertz CT molecular complexity index is 695. The molecule has 3 atom stereocenters. The highest BCUT2D eigenvalue weighted by molar-refractivity contribution is 5.85. The average Bonchev–Trinajstić information content (AvgIpc) is 3.22. The molecule has 1 saturated carbocycles. The maximum atomic E-state index is 12.5. The number of amides is 1. The van der Waals surface area contributed by atoms with Crippen LogP contribution in [0.2, 0.25) is 0 Å². The van der Waals surface area contributed by atoms with E-state index >= 15 is 0 Å². The molecule has 2 heterocycles. The van der Waals surface area contributed by atoms with Gasteiger partial charge < -0.3 is 15.6 Å². The van der Waals surface area contributed by atoms with Crippen LogP contribution in [-0.2, 0) is 4.79 Å². The van der Waals surface area contributed by atoms with Crippen molar-refractivity contribution in [2.24, 2.45) is 17.6 Å². The van der Waals surface area contributed by atoms with E-state index in [1.807, 2.05) is 26.0 Å². The van der Waals surface area contributed by atoms with Crippen molar-refractivity contribution < 1.29 is 9.32 Å². The maximum Gasteiger partial charge on any atom is 0.249 e. The fraction of sp³-hybridized carbons (Fsp3) is 0.529. The summed E-state index contributed by atoms with van der Waals surface area (Å²) >= 11 is 0. The zero-order valence-corrected chi connectivity index (χ0v) is 16.4. The van der Waals surface area contributed by atoms with E-state index in [4.69, 9.17) is 10.3 Å². The Hall–Kier alpha value is -1.70. The molecule has 0 aliphatic heterocycles. The Morgan fingerprint density at radius 2 is 2.12 bits per heavy atom. The second kappa shape index (κ2) is 9.85. The molecule has 2 aromatic heterocycles. The first kappa shape index (κ1) is 22.3. The fourth-order valence-electron chi connectivity index (χ4n) is 3.01. The molecule has 144 valence electrons. The Labute approximate surface area is 165 Å². The predicted molar refractivity (Wildman–Crippen MR) is 103 cm³/mol. The zero-order chi connectivity index (χ0) is 17.1. The van der Waals surface area contributed by atoms with Crippen LogP contribution in [0.4, 0.5) is 0 Å². The smallest absolute Gasteiger partial charge is 0.249 e. The van der Waals surface area contributed by atoms with Crippen molar-refractivity contribution >= 4 is 30.7 Å². The minimum absolute atomic E-state index is 0. The van der Waals surface area contributed by atoms with E-state index in [-0.39, 0.29) is 54.6 Å². The molecule has 3 unspecified atom stereocenters. The number of rotatable bonds is 5. The van der Waals surface area contributed by atoms with Crippen molar-refractivity contribution in [2.45, 2.75) is 45.2 Å². The summed E-state index contributed by atoms with van der Waals surface area (Å²) in [5.41, 5.74) is 6.69. The van der Waals surface area contributed by atoms with Gasteiger partial charge in [0.05, 0.1) is 0 Å². The normalized spacial score (nSPS) is 20.2. The summed E-state index contributed by atoms with van der Waals surface area (Å²) in [7, 11) is 0. The van der Waals surface area contributed by atoms with Gasteiger partial charge in [0, 0.05) is 29.9 Å². The maximum absolute atomic E-state index is 12.5. The van der Waals surface area contributed by atoms with Crippen LogP contribution in [0.25, 0.3) is 11.4 Å². The third-order valence-electron chi connectivity index (χ3n) is 4.44. The van der Waals surface area contributed by atoms with Gasteiger partial charge in [0.15, 0.2) is 0 Å². The van der Waals surface area contributed by atoms with Gasteiger partial charge in [-0.3, -0.25) is 9.78 Å². The van der Waals surface area contributed by atoms with Gasteiger partial charge in [-0.2, -0.15) is 4.98 Å². The van der Waals surface area contributed by atoms with Crippen LogP contribution in [0.5, 0.6) is 0 Å². The molecule has 3 rings (SSSR count). The van der Waals surface area contributed by atoms with Gasteiger partial charge >= 0.3 is 0 Å². The number of hydrogen-bond acceptors (Lipinski definition) is 6.